The monoisotopic (exact) mass is 200 g/mol. The number of carbonyl (C=O) groups excluding carboxylic acids is 1. The number of hydrogen-bond donors (Lipinski definition) is 0. The van der Waals surface area contributed by atoms with E-state index >= 15 is 0 Å². The van der Waals surface area contributed by atoms with Crippen molar-refractivity contribution >= 4 is 5.97 Å². The fourth-order valence-corrected chi connectivity index (χ4v) is 0.174. The Labute approximate surface area is 72.5 Å². The van der Waals surface area contributed by atoms with Gasteiger partial charge < -0.3 is 4.74 Å². The van der Waals surface area contributed by atoms with Crippen LogP contribution in [0.25, 0.3) is 0 Å². The van der Waals surface area contributed by atoms with E-state index in [1.807, 2.05) is 0 Å². The zero-order chi connectivity index (χ0) is 11.0. The van der Waals surface area contributed by atoms with Crippen molar-refractivity contribution in [2.24, 2.45) is 0 Å². The van der Waals surface area contributed by atoms with Gasteiger partial charge in [-0.3, -0.25) is 0 Å². The van der Waals surface area contributed by atoms with Crippen LogP contribution in [0.1, 0.15) is 6.92 Å². The van der Waals surface area contributed by atoms with Crippen LogP contribution in [0.4, 0.5) is 17.6 Å². The maximum atomic E-state index is 10.3. The number of methoxy groups -OCH3 is 1. The Morgan fingerprint density at radius 3 is 1.46 bits per heavy atom. The third-order valence-corrected chi connectivity index (χ3v) is 0.677. The number of esters is 1. The number of hydrogen-bond acceptors (Lipinski definition) is 2. The summed E-state index contributed by atoms with van der Waals surface area (Å²) in [5.74, 6) is -0.347. The maximum Gasteiger partial charge on any atom is 0.334 e. The zero-order valence-corrected chi connectivity index (χ0v) is 7.04. The molecule has 0 radical (unpaired) electrons. The summed E-state index contributed by atoms with van der Waals surface area (Å²) in [4.78, 5) is 10.2. The van der Waals surface area contributed by atoms with Crippen molar-refractivity contribution < 1.29 is 27.1 Å². The van der Waals surface area contributed by atoms with E-state index in [0.717, 1.165) is 0 Å². The zero-order valence-electron chi connectivity index (χ0n) is 7.04. The van der Waals surface area contributed by atoms with E-state index in [9.17, 15) is 22.4 Å². The first kappa shape index (κ1) is 14.2. The molecule has 6 heteroatoms. The number of carbonyl (C=O) groups is 1. The number of ether oxygens (including phenoxy) is 1. The molecule has 0 spiro atoms. The summed E-state index contributed by atoms with van der Waals surface area (Å²) in [7, 11) is 1.33. The average Bonchev–Trinajstić information content (AvgIpc) is 2.03. The summed E-state index contributed by atoms with van der Waals surface area (Å²) in [6.07, 6.45) is -5.81. The standard InChI is InChI=1S/C5H8O2.C2F4/c1-4(2)5(6)7-3;3-1(4)2(5)6/h1H2,2-3H3;. The van der Waals surface area contributed by atoms with Crippen molar-refractivity contribution in [2.45, 2.75) is 6.92 Å². The maximum absolute atomic E-state index is 10.3. The highest BCUT2D eigenvalue weighted by Gasteiger charge is 1.98. The molecule has 0 saturated heterocycles. The molecule has 2 nitrogen and oxygen atoms in total. The van der Waals surface area contributed by atoms with Gasteiger partial charge in [-0.15, -0.1) is 0 Å². The molecule has 0 heterocycles. The van der Waals surface area contributed by atoms with Gasteiger partial charge in [-0.1, -0.05) is 6.58 Å². The molecule has 0 aliphatic rings. The molecule has 76 valence electrons. The van der Waals surface area contributed by atoms with Crippen molar-refractivity contribution in [1.29, 1.82) is 0 Å². The predicted molar refractivity (Wildman–Crippen MR) is 38.3 cm³/mol. The van der Waals surface area contributed by atoms with Gasteiger partial charge in [0.05, 0.1) is 7.11 Å². The van der Waals surface area contributed by atoms with Crippen molar-refractivity contribution in [3.63, 3.8) is 0 Å². The van der Waals surface area contributed by atoms with Crippen LogP contribution in [0.5, 0.6) is 0 Å². The van der Waals surface area contributed by atoms with Gasteiger partial charge >= 0.3 is 18.1 Å². The summed E-state index contributed by atoms with van der Waals surface area (Å²) in [5, 5.41) is 0. The third-order valence-electron chi connectivity index (χ3n) is 0.677. The van der Waals surface area contributed by atoms with Gasteiger partial charge in [0.25, 0.3) is 0 Å². The summed E-state index contributed by atoms with van der Waals surface area (Å²) < 4.78 is 45.4. The molecule has 0 aliphatic heterocycles. The van der Waals surface area contributed by atoms with E-state index in [1.165, 1.54) is 7.11 Å². The largest absolute Gasteiger partial charge is 0.466 e. The van der Waals surface area contributed by atoms with Gasteiger partial charge in [0.1, 0.15) is 0 Å². The van der Waals surface area contributed by atoms with Crippen LogP contribution in [0, 0.1) is 0 Å². The molecule has 0 fully saturated rings. The normalized spacial score (nSPS) is 7.85. The Bertz CT molecular complexity index is 205. The Kier molecular flexibility index (Phi) is 8.01. The smallest absolute Gasteiger partial charge is 0.334 e. The highest BCUT2D eigenvalue weighted by atomic mass is 19.3. The molecule has 0 aliphatic carbocycles. The molecular weight excluding hydrogens is 192 g/mol. The van der Waals surface area contributed by atoms with Gasteiger partial charge in [-0.25, -0.2) is 4.79 Å². The second-order valence-electron chi connectivity index (χ2n) is 1.79. The van der Waals surface area contributed by atoms with E-state index in [0.29, 0.717) is 5.57 Å². The quantitative estimate of drug-likeness (QED) is 0.369. The van der Waals surface area contributed by atoms with Crippen molar-refractivity contribution in [2.75, 3.05) is 7.11 Å². The molecule has 0 unspecified atom stereocenters. The highest BCUT2D eigenvalue weighted by molar-refractivity contribution is 5.86. The van der Waals surface area contributed by atoms with E-state index in [-0.39, 0.29) is 5.97 Å². The molecule has 0 amide bonds. The first-order chi connectivity index (χ1) is 5.82. The van der Waals surface area contributed by atoms with Gasteiger partial charge in [-0.2, -0.15) is 17.6 Å². The van der Waals surface area contributed by atoms with Gasteiger partial charge in [0.15, 0.2) is 0 Å². The molecule has 0 aromatic carbocycles. The molecule has 0 bridgehead atoms. The summed E-state index contributed by atoms with van der Waals surface area (Å²) >= 11 is 0. The van der Waals surface area contributed by atoms with Crippen molar-refractivity contribution in [3.8, 4) is 0 Å². The van der Waals surface area contributed by atoms with Crippen LogP contribution in [0.3, 0.4) is 0 Å². The molecular formula is C7H8F4O2. The minimum absolute atomic E-state index is 0.347. The fourth-order valence-electron chi connectivity index (χ4n) is 0.174. The highest BCUT2D eigenvalue weighted by Crippen LogP contribution is 2.08. The van der Waals surface area contributed by atoms with Crippen LogP contribution in [-0.2, 0) is 9.53 Å². The Balaban J connectivity index is 0. The summed E-state index contributed by atoms with van der Waals surface area (Å²) in [6, 6.07) is 0. The lowest BCUT2D eigenvalue weighted by atomic mass is 10.4. The first-order valence-corrected chi connectivity index (χ1v) is 2.93. The lowest BCUT2D eigenvalue weighted by Crippen LogP contribution is -1.98. The van der Waals surface area contributed by atoms with E-state index in [2.05, 4.69) is 11.3 Å². The van der Waals surface area contributed by atoms with E-state index in [1.54, 1.807) is 6.92 Å². The Morgan fingerprint density at radius 2 is 1.46 bits per heavy atom. The number of rotatable bonds is 1. The van der Waals surface area contributed by atoms with E-state index in [4.69, 9.17) is 0 Å². The second-order valence-corrected chi connectivity index (χ2v) is 1.79. The lowest BCUT2D eigenvalue weighted by Gasteiger charge is -1.91. The molecule has 0 aromatic heterocycles. The van der Waals surface area contributed by atoms with Gasteiger partial charge in [0, 0.05) is 5.57 Å². The topological polar surface area (TPSA) is 26.3 Å². The Hall–Kier alpha value is -1.33. The van der Waals surface area contributed by atoms with Gasteiger partial charge in [0.2, 0.25) is 0 Å². The second kappa shape index (κ2) is 7.33. The molecule has 0 N–H and O–H groups in total. The molecule has 0 atom stereocenters. The van der Waals surface area contributed by atoms with Crippen LogP contribution in [-0.4, -0.2) is 13.1 Å². The predicted octanol–water partition coefficient (Wildman–Crippen LogP) is 2.73. The first-order valence-electron chi connectivity index (χ1n) is 2.93. The van der Waals surface area contributed by atoms with Crippen LogP contribution in [0.2, 0.25) is 0 Å². The molecule has 13 heavy (non-hydrogen) atoms. The minimum atomic E-state index is -2.91. The van der Waals surface area contributed by atoms with Crippen LogP contribution in [0.15, 0.2) is 24.3 Å². The van der Waals surface area contributed by atoms with Crippen LogP contribution < -0.4 is 0 Å². The molecule has 0 rings (SSSR count). The van der Waals surface area contributed by atoms with Crippen molar-refractivity contribution in [3.05, 3.63) is 24.3 Å². The third kappa shape index (κ3) is 10.7. The van der Waals surface area contributed by atoms with Crippen LogP contribution >= 0.6 is 0 Å². The Morgan fingerprint density at radius 1 is 1.15 bits per heavy atom. The van der Waals surface area contributed by atoms with E-state index < -0.39 is 12.2 Å². The van der Waals surface area contributed by atoms with Gasteiger partial charge in [-0.05, 0) is 6.92 Å². The number of halogens is 4. The fraction of sp³-hybridized carbons (Fsp3) is 0.286. The lowest BCUT2D eigenvalue weighted by molar-refractivity contribution is -0.136. The molecule has 0 aromatic rings. The average molecular weight is 200 g/mol. The summed E-state index contributed by atoms with van der Waals surface area (Å²) in [6.45, 7) is 4.95. The minimum Gasteiger partial charge on any atom is -0.466 e. The SMILES string of the molecule is C=C(C)C(=O)OC.FC(F)=C(F)F. The van der Waals surface area contributed by atoms with Crippen molar-refractivity contribution in [1.82, 2.24) is 0 Å². The summed E-state index contributed by atoms with van der Waals surface area (Å²) in [5.41, 5.74) is 0.433. The molecule has 0 saturated carbocycles.